The third-order valence-corrected chi connectivity index (χ3v) is 9.73. The molecule has 47 heavy (non-hydrogen) atoms. The molecule has 1 aliphatic carbocycles. The minimum atomic E-state index is 0. The third kappa shape index (κ3) is 7.01. The first-order valence-corrected chi connectivity index (χ1v) is 16.6. The van der Waals surface area contributed by atoms with E-state index in [-0.39, 0.29) is 36.4 Å². The molecule has 0 saturated heterocycles. The number of hydrogen-bond donors (Lipinski definition) is 0. The Bertz CT molecular complexity index is 2010. The summed E-state index contributed by atoms with van der Waals surface area (Å²) in [6, 6.07) is 31.8. The number of fused-ring (bicyclic) bond motifs is 4. The van der Waals surface area contributed by atoms with Crippen LogP contribution < -0.4 is 0 Å². The van der Waals surface area contributed by atoms with Crippen LogP contribution in [0.1, 0.15) is 103 Å². The van der Waals surface area contributed by atoms with E-state index in [0.29, 0.717) is 5.92 Å². The molecule has 0 amide bonds. The molecule has 0 saturated carbocycles. The fourth-order valence-corrected chi connectivity index (χ4v) is 6.50. The van der Waals surface area contributed by atoms with Crippen LogP contribution in [0.25, 0.3) is 44.5 Å². The largest absolute Gasteiger partial charge is 0.501 e. The first kappa shape index (κ1) is 34.7. The van der Waals surface area contributed by atoms with E-state index in [9.17, 15) is 0 Å². The second-order valence-corrected chi connectivity index (χ2v) is 15.4. The Morgan fingerprint density at radius 2 is 1.49 bits per heavy atom. The molecule has 7 rings (SSSR count). The summed E-state index contributed by atoms with van der Waals surface area (Å²) < 4.78 is 6.16. The summed E-state index contributed by atoms with van der Waals surface area (Å²) in [5.74, 6) is 0.486. The first-order chi connectivity index (χ1) is 21.7. The molecule has 3 aromatic heterocycles. The molecule has 0 bridgehead atoms. The van der Waals surface area contributed by atoms with Crippen LogP contribution in [0, 0.1) is 12.1 Å². The molecule has 3 nitrogen and oxygen atoms in total. The van der Waals surface area contributed by atoms with E-state index in [2.05, 4.69) is 128 Å². The van der Waals surface area contributed by atoms with Crippen molar-refractivity contribution >= 4 is 21.9 Å². The van der Waals surface area contributed by atoms with E-state index >= 15 is 0 Å². The molecule has 0 unspecified atom stereocenters. The molecule has 4 heteroatoms. The van der Waals surface area contributed by atoms with Crippen molar-refractivity contribution in [1.82, 2.24) is 9.97 Å². The molecule has 1 radical (unpaired) electrons. The van der Waals surface area contributed by atoms with Crippen molar-refractivity contribution < 1.29 is 24.5 Å². The average Bonchev–Trinajstić information content (AvgIpc) is 3.42. The summed E-state index contributed by atoms with van der Waals surface area (Å²) in [7, 11) is 0. The van der Waals surface area contributed by atoms with Crippen LogP contribution in [-0.4, -0.2) is 9.97 Å². The maximum absolute atomic E-state index is 6.16. The zero-order valence-corrected chi connectivity index (χ0v) is 31.6. The molecule has 0 N–H and O–H groups in total. The number of furan rings is 1. The van der Waals surface area contributed by atoms with E-state index in [4.69, 9.17) is 9.40 Å². The van der Waals surface area contributed by atoms with Gasteiger partial charge in [0.1, 0.15) is 5.58 Å². The van der Waals surface area contributed by atoms with Gasteiger partial charge in [-0.2, -0.15) is 0 Å². The molecule has 0 spiro atoms. The zero-order chi connectivity index (χ0) is 32.9. The molecule has 3 aromatic carbocycles. The van der Waals surface area contributed by atoms with E-state index in [1.54, 1.807) is 6.20 Å². The predicted molar refractivity (Wildman–Crippen MR) is 192 cm³/mol. The summed E-state index contributed by atoms with van der Waals surface area (Å²) in [5, 5.41) is 2.26. The predicted octanol–water partition coefficient (Wildman–Crippen LogP) is 11.8. The Labute approximate surface area is 294 Å². The summed E-state index contributed by atoms with van der Waals surface area (Å²) >= 11 is 0. The first-order valence-electron chi connectivity index (χ1n) is 16.6. The van der Waals surface area contributed by atoms with Crippen LogP contribution in [-0.2, 0) is 36.4 Å². The molecular weight excluding hydrogens is 753 g/mol. The summed E-state index contributed by atoms with van der Waals surface area (Å²) in [4.78, 5) is 9.24. The van der Waals surface area contributed by atoms with Gasteiger partial charge in [-0.1, -0.05) is 104 Å². The van der Waals surface area contributed by atoms with Crippen LogP contribution >= 0.6 is 0 Å². The molecular formula is C43H46IrN2O-2. The van der Waals surface area contributed by atoms with Gasteiger partial charge in [-0.25, -0.2) is 0 Å². The van der Waals surface area contributed by atoms with Gasteiger partial charge in [0.05, 0.1) is 5.58 Å². The minimum Gasteiger partial charge on any atom is -0.501 e. The number of rotatable bonds is 3. The number of aromatic nitrogens is 2. The van der Waals surface area contributed by atoms with Crippen LogP contribution in [0.3, 0.4) is 0 Å². The normalized spacial score (nSPS) is 15.1. The van der Waals surface area contributed by atoms with Crippen molar-refractivity contribution in [2.75, 3.05) is 0 Å². The molecule has 6 aromatic rings. The van der Waals surface area contributed by atoms with Crippen molar-refractivity contribution in [2.24, 2.45) is 0 Å². The molecule has 1 aliphatic rings. The SMILES string of the molecule is CC(C)(C)c1cc[c-]c(-c2cc3c(cn2)C(C)(C)CCC3(C)C)c1.CC(C)c1ccc2c(c1)oc1c(-c3ccccn3)[c-]ccc12.[Ir]. The second kappa shape index (κ2) is 13.1. The molecule has 0 fully saturated rings. The molecule has 0 aliphatic heterocycles. The van der Waals surface area contributed by atoms with E-state index in [1.165, 1.54) is 35.1 Å². The van der Waals surface area contributed by atoms with Crippen molar-refractivity contribution in [2.45, 2.75) is 97.3 Å². The summed E-state index contributed by atoms with van der Waals surface area (Å²) in [6.45, 7) is 20.5. The van der Waals surface area contributed by atoms with Crippen LogP contribution in [0.4, 0.5) is 0 Å². The van der Waals surface area contributed by atoms with Gasteiger partial charge in [-0.15, -0.1) is 53.6 Å². The zero-order valence-electron chi connectivity index (χ0n) is 29.2. The van der Waals surface area contributed by atoms with Gasteiger partial charge in [0.25, 0.3) is 0 Å². The van der Waals surface area contributed by atoms with Gasteiger partial charge < -0.3 is 14.4 Å². The Hall–Kier alpha value is -3.59. The maximum Gasteiger partial charge on any atom is 0.121 e. The maximum atomic E-state index is 6.16. The van der Waals surface area contributed by atoms with Gasteiger partial charge in [0.2, 0.25) is 0 Å². The van der Waals surface area contributed by atoms with Gasteiger partial charge in [0.15, 0.2) is 0 Å². The van der Waals surface area contributed by atoms with Gasteiger partial charge in [-0.05, 0) is 75.2 Å². The van der Waals surface area contributed by atoms with Crippen molar-refractivity contribution in [3.8, 4) is 22.5 Å². The number of benzene rings is 3. The molecule has 245 valence electrons. The second-order valence-electron chi connectivity index (χ2n) is 15.4. The van der Waals surface area contributed by atoms with Crippen LogP contribution in [0.2, 0.25) is 0 Å². The van der Waals surface area contributed by atoms with E-state index < -0.39 is 0 Å². The number of pyridine rings is 2. The molecule has 0 atom stereocenters. The topological polar surface area (TPSA) is 38.9 Å². The molecule has 3 heterocycles. The fraction of sp³-hybridized carbons (Fsp3) is 0.349. The van der Waals surface area contributed by atoms with Gasteiger partial charge in [-0.3, -0.25) is 0 Å². The van der Waals surface area contributed by atoms with Crippen molar-refractivity contribution in [1.29, 1.82) is 0 Å². The van der Waals surface area contributed by atoms with Gasteiger partial charge in [0, 0.05) is 37.9 Å². The van der Waals surface area contributed by atoms with Crippen molar-refractivity contribution in [3.63, 3.8) is 0 Å². The average molecular weight is 799 g/mol. The third-order valence-electron chi connectivity index (χ3n) is 9.73. The Kier molecular flexibility index (Phi) is 9.71. The van der Waals surface area contributed by atoms with E-state index in [0.717, 1.165) is 44.5 Å². The summed E-state index contributed by atoms with van der Waals surface area (Å²) in [5.41, 5.74) is 11.8. The Morgan fingerprint density at radius 1 is 0.766 bits per heavy atom. The van der Waals surface area contributed by atoms with Crippen LogP contribution in [0.15, 0.2) is 89.6 Å². The Morgan fingerprint density at radius 3 is 2.17 bits per heavy atom. The smallest absolute Gasteiger partial charge is 0.121 e. The number of hydrogen-bond acceptors (Lipinski definition) is 3. The minimum absolute atomic E-state index is 0. The van der Waals surface area contributed by atoms with E-state index in [1.807, 2.05) is 30.3 Å². The number of nitrogens with zero attached hydrogens (tertiary/aromatic N) is 2. The fourth-order valence-electron chi connectivity index (χ4n) is 6.50. The quantitative estimate of drug-likeness (QED) is 0.167. The standard InChI is InChI=1S/C23H30N.C20H16NO.Ir/c1-21(2,3)17-10-8-9-16(13-17)20-14-18-19(15-24-20)23(6,7)12-11-22(18,4)5;1-13(2)14-9-10-15-16-6-5-7-17(18-8-3-4-11-21-18)20(16)22-19(15)12-14;/h8,10,13-15H,11-12H2,1-7H3;3-6,8-13H,1-2H3;/q2*-1;. The van der Waals surface area contributed by atoms with Gasteiger partial charge >= 0.3 is 0 Å². The monoisotopic (exact) mass is 799 g/mol. The Balaban J connectivity index is 0.000000181. The van der Waals surface area contributed by atoms with Crippen molar-refractivity contribution in [3.05, 3.63) is 120 Å². The van der Waals surface area contributed by atoms with Crippen LogP contribution in [0.5, 0.6) is 0 Å². The summed E-state index contributed by atoms with van der Waals surface area (Å²) in [6.07, 6.45) is 6.35.